The SMILES string of the molecule is Cc1nn(C)c(N)c1-c1ccc[nH]1. The molecule has 0 aliphatic rings. The van der Waals surface area contributed by atoms with E-state index in [9.17, 15) is 0 Å². The van der Waals surface area contributed by atoms with Gasteiger partial charge >= 0.3 is 0 Å². The molecule has 2 aromatic heterocycles. The van der Waals surface area contributed by atoms with E-state index in [0.29, 0.717) is 5.82 Å². The van der Waals surface area contributed by atoms with Crippen LogP contribution < -0.4 is 5.73 Å². The van der Waals surface area contributed by atoms with E-state index in [2.05, 4.69) is 10.1 Å². The molecule has 4 nitrogen and oxygen atoms in total. The maximum atomic E-state index is 5.88. The number of hydrogen-bond donors (Lipinski definition) is 2. The predicted molar refractivity (Wildman–Crippen MR) is 52.1 cm³/mol. The minimum Gasteiger partial charge on any atom is -0.383 e. The van der Waals surface area contributed by atoms with Gasteiger partial charge in [-0.15, -0.1) is 0 Å². The van der Waals surface area contributed by atoms with Gasteiger partial charge in [0.1, 0.15) is 5.82 Å². The number of nitrogens with two attached hydrogens (primary N) is 1. The van der Waals surface area contributed by atoms with Gasteiger partial charge in [-0.3, -0.25) is 4.68 Å². The lowest BCUT2D eigenvalue weighted by Crippen LogP contribution is -1.97. The number of aromatic amines is 1. The molecule has 0 saturated heterocycles. The van der Waals surface area contributed by atoms with E-state index < -0.39 is 0 Å². The van der Waals surface area contributed by atoms with Crippen LogP contribution in [0.25, 0.3) is 11.3 Å². The zero-order valence-electron chi connectivity index (χ0n) is 7.70. The highest BCUT2D eigenvalue weighted by atomic mass is 15.3. The van der Waals surface area contributed by atoms with Crippen molar-refractivity contribution in [3.05, 3.63) is 24.0 Å². The van der Waals surface area contributed by atoms with E-state index in [1.54, 1.807) is 4.68 Å². The summed E-state index contributed by atoms with van der Waals surface area (Å²) in [6.45, 7) is 1.95. The summed E-state index contributed by atoms with van der Waals surface area (Å²) >= 11 is 0. The summed E-state index contributed by atoms with van der Waals surface area (Å²) in [4.78, 5) is 3.12. The van der Waals surface area contributed by atoms with E-state index >= 15 is 0 Å². The van der Waals surface area contributed by atoms with Crippen LogP contribution in [-0.4, -0.2) is 14.8 Å². The third kappa shape index (κ3) is 1.11. The Hall–Kier alpha value is -1.71. The molecule has 0 atom stereocenters. The van der Waals surface area contributed by atoms with Crippen LogP contribution in [0.3, 0.4) is 0 Å². The minimum absolute atomic E-state index is 0.694. The van der Waals surface area contributed by atoms with Crippen molar-refractivity contribution in [2.24, 2.45) is 7.05 Å². The predicted octanol–water partition coefficient (Wildman–Crippen LogP) is 1.31. The summed E-state index contributed by atoms with van der Waals surface area (Å²) < 4.78 is 1.69. The number of anilines is 1. The van der Waals surface area contributed by atoms with Gasteiger partial charge in [0.2, 0.25) is 0 Å². The average molecular weight is 176 g/mol. The highest BCUT2D eigenvalue weighted by Crippen LogP contribution is 2.26. The number of nitrogens with one attached hydrogen (secondary N) is 1. The zero-order chi connectivity index (χ0) is 9.42. The molecule has 0 unspecified atom stereocenters. The summed E-state index contributed by atoms with van der Waals surface area (Å²) in [5.41, 5.74) is 8.83. The van der Waals surface area contributed by atoms with Gasteiger partial charge in [0.25, 0.3) is 0 Å². The van der Waals surface area contributed by atoms with Gasteiger partial charge in [0.05, 0.1) is 17.0 Å². The Morgan fingerprint density at radius 2 is 2.31 bits per heavy atom. The average Bonchev–Trinajstić information content (AvgIpc) is 2.63. The summed E-state index contributed by atoms with van der Waals surface area (Å²) in [6, 6.07) is 3.93. The van der Waals surface area contributed by atoms with Crippen LogP contribution in [0.2, 0.25) is 0 Å². The Morgan fingerprint density at radius 3 is 2.77 bits per heavy atom. The third-order valence-corrected chi connectivity index (χ3v) is 2.13. The van der Waals surface area contributed by atoms with Gasteiger partial charge in [-0.25, -0.2) is 0 Å². The van der Waals surface area contributed by atoms with E-state index in [4.69, 9.17) is 5.73 Å². The molecular formula is C9H12N4. The van der Waals surface area contributed by atoms with Crippen LogP contribution in [0.15, 0.2) is 18.3 Å². The van der Waals surface area contributed by atoms with Crippen molar-refractivity contribution in [1.29, 1.82) is 0 Å². The molecular weight excluding hydrogens is 164 g/mol. The second-order valence-electron chi connectivity index (χ2n) is 3.05. The van der Waals surface area contributed by atoms with Crippen LogP contribution in [0.1, 0.15) is 5.69 Å². The van der Waals surface area contributed by atoms with Gasteiger partial charge < -0.3 is 10.7 Å². The van der Waals surface area contributed by atoms with Gasteiger partial charge in [0.15, 0.2) is 0 Å². The smallest absolute Gasteiger partial charge is 0.131 e. The fourth-order valence-electron chi connectivity index (χ4n) is 1.49. The van der Waals surface area contributed by atoms with Gasteiger partial charge in [0, 0.05) is 13.2 Å². The van der Waals surface area contributed by atoms with Crippen molar-refractivity contribution < 1.29 is 0 Å². The minimum atomic E-state index is 0.694. The molecule has 0 aliphatic heterocycles. The van der Waals surface area contributed by atoms with Crippen molar-refractivity contribution in [3.8, 4) is 11.3 Å². The van der Waals surface area contributed by atoms with Gasteiger partial charge in [-0.05, 0) is 19.1 Å². The Kier molecular flexibility index (Phi) is 1.62. The second kappa shape index (κ2) is 2.65. The van der Waals surface area contributed by atoms with E-state index in [1.165, 1.54) is 0 Å². The van der Waals surface area contributed by atoms with Gasteiger partial charge in [-0.2, -0.15) is 5.10 Å². The maximum Gasteiger partial charge on any atom is 0.131 e. The number of H-pyrrole nitrogens is 1. The lowest BCUT2D eigenvalue weighted by atomic mass is 10.2. The number of rotatable bonds is 1. The second-order valence-corrected chi connectivity index (χ2v) is 3.05. The first-order valence-corrected chi connectivity index (χ1v) is 4.13. The Morgan fingerprint density at radius 1 is 1.54 bits per heavy atom. The Labute approximate surface area is 76.4 Å². The van der Waals surface area contributed by atoms with Crippen LogP contribution in [0.4, 0.5) is 5.82 Å². The molecule has 0 aromatic carbocycles. The molecule has 0 saturated carbocycles. The monoisotopic (exact) mass is 176 g/mol. The maximum absolute atomic E-state index is 5.88. The molecule has 4 heteroatoms. The Bertz CT molecular complexity index is 411. The number of hydrogen-bond acceptors (Lipinski definition) is 2. The molecule has 0 fully saturated rings. The van der Waals surface area contributed by atoms with E-state index in [1.807, 2.05) is 32.3 Å². The molecule has 2 heterocycles. The van der Waals surface area contributed by atoms with Crippen molar-refractivity contribution >= 4 is 5.82 Å². The molecule has 3 N–H and O–H groups in total. The lowest BCUT2D eigenvalue weighted by molar-refractivity contribution is 0.767. The van der Waals surface area contributed by atoms with Crippen LogP contribution in [0.5, 0.6) is 0 Å². The molecule has 0 radical (unpaired) electrons. The third-order valence-electron chi connectivity index (χ3n) is 2.13. The fourth-order valence-corrected chi connectivity index (χ4v) is 1.49. The van der Waals surface area contributed by atoms with Crippen molar-refractivity contribution in [2.75, 3.05) is 5.73 Å². The highest BCUT2D eigenvalue weighted by Gasteiger charge is 2.12. The molecule has 2 aromatic rings. The van der Waals surface area contributed by atoms with Crippen molar-refractivity contribution in [3.63, 3.8) is 0 Å². The topological polar surface area (TPSA) is 59.6 Å². The normalized spacial score (nSPS) is 10.6. The summed E-state index contributed by atoms with van der Waals surface area (Å²) in [5.74, 6) is 0.694. The summed E-state index contributed by atoms with van der Waals surface area (Å²) in [6.07, 6.45) is 1.88. The first-order chi connectivity index (χ1) is 6.20. The largest absolute Gasteiger partial charge is 0.383 e. The zero-order valence-corrected chi connectivity index (χ0v) is 7.70. The highest BCUT2D eigenvalue weighted by molar-refractivity contribution is 5.73. The number of nitrogen functional groups attached to an aromatic ring is 1. The molecule has 2 rings (SSSR count). The molecule has 68 valence electrons. The fraction of sp³-hybridized carbons (Fsp3) is 0.222. The first-order valence-electron chi connectivity index (χ1n) is 4.13. The van der Waals surface area contributed by atoms with Crippen molar-refractivity contribution in [1.82, 2.24) is 14.8 Å². The molecule has 13 heavy (non-hydrogen) atoms. The van der Waals surface area contributed by atoms with E-state index in [-0.39, 0.29) is 0 Å². The summed E-state index contributed by atoms with van der Waals surface area (Å²) in [5, 5.41) is 4.24. The van der Waals surface area contributed by atoms with Gasteiger partial charge in [-0.1, -0.05) is 0 Å². The lowest BCUT2D eigenvalue weighted by Gasteiger charge is -1.97. The standard InChI is InChI=1S/C9H12N4/c1-6-8(7-4-3-5-11-7)9(10)13(2)12-6/h3-5,11H,10H2,1-2H3. The quantitative estimate of drug-likeness (QED) is 0.688. The van der Waals surface area contributed by atoms with E-state index in [0.717, 1.165) is 17.0 Å². The molecule has 0 amide bonds. The molecule has 0 bridgehead atoms. The number of aromatic nitrogens is 3. The van der Waals surface area contributed by atoms with Crippen LogP contribution in [0, 0.1) is 6.92 Å². The number of nitrogens with zero attached hydrogens (tertiary/aromatic N) is 2. The van der Waals surface area contributed by atoms with Crippen LogP contribution >= 0.6 is 0 Å². The number of aryl methyl sites for hydroxylation is 2. The van der Waals surface area contributed by atoms with Crippen molar-refractivity contribution in [2.45, 2.75) is 6.92 Å². The summed E-state index contributed by atoms with van der Waals surface area (Å²) in [7, 11) is 1.84. The Balaban J connectivity index is 2.64. The first kappa shape index (κ1) is 7.91. The molecule has 0 aliphatic carbocycles. The van der Waals surface area contributed by atoms with Crippen LogP contribution in [-0.2, 0) is 7.05 Å². The molecule has 0 spiro atoms.